The van der Waals surface area contributed by atoms with Crippen LogP contribution in [0.25, 0.3) is 0 Å². The van der Waals surface area contributed by atoms with Crippen LogP contribution in [0.1, 0.15) is 11.1 Å². The summed E-state index contributed by atoms with van der Waals surface area (Å²) in [7, 11) is 0. The fraction of sp³-hybridized carbons (Fsp3) is 0.133. The van der Waals surface area contributed by atoms with Crippen LogP contribution in [0.4, 0.5) is 10.5 Å². The highest BCUT2D eigenvalue weighted by Gasteiger charge is 2.06. The number of carbonyl (C=O) groups excluding carboxylic acids is 1. The van der Waals surface area contributed by atoms with Crippen molar-refractivity contribution in [3.05, 3.63) is 58.1 Å². The van der Waals surface area contributed by atoms with Crippen molar-refractivity contribution < 1.29 is 9.90 Å². The van der Waals surface area contributed by atoms with E-state index in [1.165, 1.54) is 6.07 Å². The number of carbonyl (C=O) groups is 1. The van der Waals surface area contributed by atoms with Gasteiger partial charge in [-0.15, -0.1) is 0 Å². The molecule has 3 N–H and O–H groups in total. The maximum Gasteiger partial charge on any atom is 0.319 e. The van der Waals surface area contributed by atoms with Crippen molar-refractivity contribution in [2.24, 2.45) is 0 Å². The molecule has 0 saturated heterocycles. The van der Waals surface area contributed by atoms with Crippen molar-refractivity contribution in [3.63, 3.8) is 0 Å². The van der Waals surface area contributed by atoms with Crippen molar-refractivity contribution in [1.29, 1.82) is 0 Å². The molecule has 0 aliphatic carbocycles. The molecule has 0 bridgehead atoms. The van der Waals surface area contributed by atoms with E-state index in [2.05, 4.69) is 26.6 Å². The molecule has 0 saturated carbocycles. The number of urea groups is 1. The van der Waals surface area contributed by atoms with E-state index in [0.29, 0.717) is 12.2 Å². The fourth-order valence-corrected chi connectivity index (χ4v) is 2.20. The molecule has 0 aliphatic heterocycles. The Bertz CT molecular complexity index is 629. The van der Waals surface area contributed by atoms with E-state index in [4.69, 9.17) is 0 Å². The topological polar surface area (TPSA) is 61.4 Å². The minimum Gasteiger partial charge on any atom is -0.508 e. The summed E-state index contributed by atoms with van der Waals surface area (Å²) in [6.07, 6.45) is 0. The van der Waals surface area contributed by atoms with Crippen molar-refractivity contribution in [2.45, 2.75) is 13.5 Å². The summed E-state index contributed by atoms with van der Waals surface area (Å²) in [5.41, 5.74) is 2.48. The summed E-state index contributed by atoms with van der Waals surface area (Å²) in [4.78, 5) is 11.8. The lowest BCUT2D eigenvalue weighted by Crippen LogP contribution is -2.28. The Hall–Kier alpha value is -2.01. The van der Waals surface area contributed by atoms with Gasteiger partial charge in [-0.3, -0.25) is 0 Å². The fourth-order valence-electron chi connectivity index (χ4n) is 1.77. The minimum atomic E-state index is -0.283. The minimum absolute atomic E-state index is 0.182. The first-order chi connectivity index (χ1) is 9.56. The molecule has 0 spiro atoms. The number of phenolic OH excluding ortho intramolecular Hbond substituents is 1. The van der Waals surface area contributed by atoms with Crippen LogP contribution < -0.4 is 10.6 Å². The molecule has 2 aromatic carbocycles. The first kappa shape index (κ1) is 14.4. The molecule has 0 aromatic heterocycles. The lowest BCUT2D eigenvalue weighted by Gasteiger charge is -2.11. The van der Waals surface area contributed by atoms with Gasteiger partial charge in [-0.1, -0.05) is 34.1 Å². The highest BCUT2D eigenvalue weighted by atomic mass is 79.9. The summed E-state index contributed by atoms with van der Waals surface area (Å²) in [5, 5.41) is 14.9. The molecule has 4 nitrogen and oxygen atoms in total. The monoisotopic (exact) mass is 334 g/mol. The number of hydrogen-bond donors (Lipinski definition) is 3. The Morgan fingerprint density at radius 3 is 2.70 bits per heavy atom. The van der Waals surface area contributed by atoms with E-state index < -0.39 is 0 Å². The SMILES string of the molecule is Cc1cc(O)ccc1NC(=O)NCc1ccccc1Br. The van der Waals surface area contributed by atoms with Gasteiger partial charge in [-0.05, 0) is 42.3 Å². The maximum absolute atomic E-state index is 11.8. The third kappa shape index (κ3) is 3.74. The first-order valence-corrected chi connectivity index (χ1v) is 6.93. The molecule has 0 atom stereocenters. The van der Waals surface area contributed by atoms with E-state index in [1.807, 2.05) is 31.2 Å². The molecule has 104 valence electrons. The third-order valence-electron chi connectivity index (χ3n) is 2.86. The summed E-state index contributed by atoms with van der Waals surface area (Å²) in [5.74, 6) is 0.182. The predicted molar refractivity (Wildman–Crippen MR) is 82.8 cm³/mol. The zero-order valence-electron chi connectivity index (χ0n) is 11.0. The molecular formula is C15H15BrN2O2. The summed E-state index contributed by atoms with van der Waals surface area (Å²) in [6, 6.07) is 12.2. The van der Waals surface area contributed by atoms with Crippen LogP contribution in [0.2, 0.25) is 0 Å². The Morgan fingerprint density at radius 2 is 2.00 bits per heavy atom. The second-order valence-corrected chi connectivity index (χ2v) is 5.25. The van der Waals surface area contributed by atoms with Crippen LogP contribution in [0, 0.1) is 6.92 Å². The second kappa shape index (κ2) is 6.43. The number of amides is 2. The van der Waals surface area contributed by atoms with Crippen molar-refractivity contribution in [1.82, 2.24) is 5.32 Å². The second-order valence-electron chi connectivity index (χ2n) is 4.40. The van der Waals surface area contributed by atoms with Gasteiger partial charge in [0.25, 0.3) is 0 Å². The van der Waals surface area contributed by atoms with Crippen molar-refractivity contribution in [3.8, 4) is 5.75 Å². The molecule has 0 heterocycles. The number of aromatic hydroxyl groups is 1. The number of halogens is 1. The molecule has 5 heteroatoms. The number of rotatable bonds is 3. The number of hydrogen-bond acceptors (Lipinski definition) is 2. The van der Waals surface area contributed by atoms with E-state index in [-0.39, 0.29) is 11.8 Å². The standard InChI is InChI=1S/C15H15BrN2O2/c1-10-8-12(19)6-7-14(10)18-15(20)17-9-11-4-2-3-5-13(11)16/h2-8,19H,9H2,1H3,(H2,17,18,20). The highest BCUT2D eigenvalue weighted by molar-refractivity contribution is 9.10. The average Bonchev–Trinajstić information content (AvgIpc) is 2.41. The van der Waals surface area contributed by atoms with Gasteiger partial charge in [-0.25, -0.2) is 4.79 Å². The van der Waals surface area contributed by atoms with Gasteiger partial charge >= 0.3 is 6.03 Å². The van der Waals surface area contributed by atoms with E-state index >= 15 is 0 Å². The molecule has 0 aliphatic rings. The third-order valence-corrected chi connectivity index (χ3v) is 3.63. The summed E-state index contributed by atoms with van der Waals surface area (Å²) < 4.78 is 0.959. The van der Waals surface area contributed by atoms with Crippen LogP contribution in [-0.4, -0.2) is 11.1 Å². The predicted octanol–water partition coefficient (Wildman–Crippen LogP) is 3.78. The molecule has 20 heavy (non-hydrogen) atoms. The smallest absolute Gasteiger partial charge is 0.319 e. The molecule has 0 fully saturated rings. The number of benzene rings is 2. The van der Waals surface area contributed by atoms with E-state index in [1.54, 1.807) is 12.1 Å². The van der Waals surface area contributed by atoms with Gasteiger partial charge in [0.05, 0.1) is 0 Å². The lowest BCUT2D eigenvalue weighted by atomic mass is 10.2. The van der Waals surface area contributed by atoms with Gasteiger partial charge in [0.15, 0.2) is 0 Å². The zero-order chi connectivity index (χ0) is 14.5. The van der Waals surface area contributed by atoms with E-state index in [9.17, 15) is 9.90 Å². The van der Waals surface area contributed by atoms with Crippen LogP contribution in [0.15, 0.2) is 46.9 Å². The van der Waals surface area contributed by atoms with Gasteiger partial charge in [0, 0.05) is 16.7 Å². The van der Waals surface area contributed by atoms with Gasteiger partial charge in [-0.2, -0.15) is 0 Å². The molecule has 2 amide bonds. The molecule has 0 radical (unpaired) electrons. The van der Waals surface area contributed by atoms with Crippen LogP contribution in [0.3, 0.4) is 0 Å². The summed E-state index contributed by atoms with van der Waals surface area (Å²) >= 11 is 3.43. The molecule has 2 rings (SSSR count). The summed E-state index contributed by atoms with van der Waals surface area (Å²) in [6.45, 7) is 2.26. The number of aryl methyl sites for hydroxylation is 1. The number of anilines is 1. The maximum atomic E-state index is 11.8. The van der Waals surface area contributed by atoms with Gasteiger partial charge < -0.3 is 15.7 Å². The Kier molecular flexibility index (Phi) is 4.63. The highest BCUT2D eigenvalue weighted by Crippen LogP contribution is 2.20. The number of nitrogens with one attached hydrogen (secondary N) is 2. The average molecular weight is 335 g/mol. The van der Waals surface area contributed by atoms with Gasteiger partial charge in [0.2, 0.25) is 0 Å². The van der Waals surface area contributed by atoms with Gasteiger partial charge in [0.1, 0.15) is 5.75 Å². The molecule has 2 aromatic rings. The quantitative estimate of drug-likeness (QED) is 0.748. The zero-order valence-corrected chi connectivity index (χ0v) is 12.6. The van der Waals surface area contributed by atoms with Crippen molar-refractivity contribution >= 4 is 27.6 Å². The van der Waals surface area contributed by atoms with E-state index in [0.717, 1.165) is 15.6 Å². The Balaban J connectivity index is 1.94. The Morgan fingerprint density at radius 1 is 1.25 bits per heavy atom. The molecular weight excluding hydrogens is 320 g/mol. The lowest BCUT2D eigenvalue weighted by molar-refractivity contribution is 0.251. The van der Waals surface area contributed by atoms with Crippen LogP contribution >= 0.6 is 15.9 Å². The van der Waals surface area contributed by atoms with Crippen LogP contribution in [0.5, 0.6) is 5.75 Å². The van der Waals surface area contributed by atoms with Crippen LogP contribution in [-0.2, 0) is 6.54 Å². The normalized spacial score (nSPS) is 10.1. The largest absolute Gasteiger partial charge is 0.508 e. The Labute approximate surface area is 126 Å². The molecule has 0 unspecified atom stereocenters. The first-order valence-electron chi connectivity index (χ1n) is 6.14. The van der Waals surface area contributed by atoms with Crippen molar-refractivity contribution in [2.75, 3.05) is 5.32 Å². The number of phenols is 1.